The van der Waals surface area contributed by atoms with E-state index in [0.29, 0.717) is 11.1 Å². The number of rotatable bonds is 5. The summed E-state index contributed by atoms with van der Waals surface area (Å²) in [6.07, 6.45) is -0.503. The third-order valence-corrected chi connectivity index (χ3v) is 3.30. The van der Waals surface area contributed by atoms with E-state index in [-0.39, 0.29) is 31.4 Å². The summed E-state index contributed by atoms with van der Waals surface area (Å²) in [5.74, 6) is -3.71. The normalized spacial score (nSPS) is 19.5. The number of hydrogen-bond acceptors (Lipinski definition) is 3. The molecular formula is C14H18ClF3N2O2. The van der Waals surface area contributed by atoms with Gasteiger partial charge in [0.05, 0.1) is 19.2 Å². The first kappa shape index (κ1) is 18.7. The Morgan fingerprint density at radius 3 is 2.82 bits per heavy atom. The third kappa shape index (κ3) is 4.86. The van der Waals surface area contributed by atoms with E-state index in [2.05, 4.69) is 10.6 Å². The summed E-state index contributed by atoms with van der Waals surface area (Å²) < 4.78 is 44.3. The second-order valence-electron chi connectivity index (χ2n) is 5.07. The number of alkyl halides is 2. The lowest BCUT2D eigenvalue weighted by atomic mass is 10.1. The van der Waals surface area contributed by atoms with Crippen LogP contribution >= 0.6 is 12.4 Å². The molecule has 0 bridgehead atoms. The summed E-state index contributed by atoms with van der Waals surface area (Å²) in [5, 5.41) is 5.05. The highest BCUT2D eigenvalue weighted by Gasteiger charge is 2.42. The molecule has 0 radical (unpaired) electrons. The topological polar surface area (TPSA) is 50.4 Å². The number of methoxy groups -OCH3 is 1. The molecule has 1 aromatic rings. The molecule has 0 aliphatic carbocycles. The fraction of sp³-hybridized carbons (Fsp3) is 0.500. The molecule has 0 saturated carbocycles. The van der Waals surface area contributed by atoms with Crippen molar-refractivity contribution in [1.29, 1.82) is 0 Å². The van der Waals surface area contributed by atoms with Crippen molar-refractivity contribution < 1.29 is 22.7 Å². The highest BCUT2D eigenvalue weighted by Crippen LogP contribution is 2.25. The highest BCUT2D eigenvalue weighted by atomic mass is 35.5. The minimum absolute atomic E-state index is 0. The lowest BCUT2D eigenvalue weighted by Gasteiger charge is -2.12. The number of benzene rings is 1. The van der Waals surface area contributed by atoms with Crippen molar-refractivity contribution in [2.75, 3.05) is 13.7 Å². The fourth-order valence-corrected chi connectivity index (χ4v) is 2.22. The number of carbonyl (C=O) groups is 1. The minimum Gasteiger partial charge on any atom is -0.380 e. The zero-order valence-corrected chi connectivity index (χ0v) is 12.8. The van der Waals surface area contributed by atoms with Crippen LogP contribution in [0.1, 0.15) is 17.5 Å². The Balaban J connectivity index is 0.00000242. The van der Waals surface area contributed by atoms with Gasteiger partial charge in [0.25, 0.3) is 5.92 Å². The molecule has 124 valence electrons. The highest BCUT2D eigenvalue weighted by molar-refractivity contribution is 5.85. The zero-order chi connectivity index (χ0) is 15.5. The van der Waals surface area contributed by atoms with Crippen LogP contribution < -0.4 is 10.6 Å². The Morgan fingerprint density at radius 1 is 1.50 bits per heavy atom. The molecule has 0 spiro atoms. The number of hydrogen-bond donors (Lipinski definition) is 2. The van der Waals surface area contributed by atoms with Crippen LogP contribution in [-0.4, -0.2) is 31.5 Å². The van der Waals surface area contributed by atoms with Crippen molar-refractivity contribution in [2.45, 2.75) is 31.5 Å². The van der Waals surface area contributed by atoms with Gasteiger partial charge in [-0.25, -0.2) is 13.2 Å². The van der Waals surface area contributed by atoms with Crippen molar-refractivity contribution in [1.82, 2.24) is 10.6 Å². The molecule has 1 aliphatic rings. The first-order valence-electron chi connectivity index (χ1n) is 6.56. The van der Waals surface area contributed by atoms with Crippen molar-refractivity contribution in [3.8, 4) is 0 Å². The number of amides is 1. The van der Waals surface area contributed by atoms with Gasteiger partial charge < -0.3 is 10.1 Å². The van der Waals surface area contributed by atoms with Gasteiger partial charge in [-0.3, -0.25) is 10.1 Å². The lowest BCUT2D eigenvalue weighted by Crippen LogP contribution is -2.40. The van der Waals surface area contributed by atoms with Crippen molar-refractivity contribution in [3.63, 3.8) is 0 Å². The van der Waals surface area contributed by atoms with Crippen LogP contribution in [-0.2, 0) is 22.7 Å². The zero-order valence-electron chi connectivity index (χ0n) is 12.0. The van der Waals surface area contributed by atoms with Gasteiger partial charge in [0.15, 0.2) is 0 Å². The number of halogens is 4. The molecule has 0 aromatic heterocycles. The van der Waals surface area contributed by atoms with E-state index in [9.17, 15) is 18.0 Å². The van der Waals surface area contributed by atoms with Gasteiger partial charge in [0, 0.05) is 25.6 Å². The van der Waals surface area contributed by atoms with Crippen LogP contribution in [0.5, 0.6) is 0 Å². The summed E-state index contributed by atoms with van der Waals surface area (Å²) in [4.78, 5) is 11.8. The monoisotopic (exact) mass is 338 g/mol. The minimum atomic E-state index is -2.84. The Morgan fingerprint density at radius 2 is 2.23 bits per heavy atom. The first-order valence-corrected chi connectivity index (χ1v) is 6.56. The van der Waals surface area contributed by atoms with Gasteiger partial charge in [0.2, 0.25) is 5.91 Å². The van der Waals surface area contributed by atoms with E-state index in [0.717, 1.165) is 0 Å². The molecule has 1 saturated heterocycles. The SMILES string of the molecule is COCc1cc(CNC(=O)C2CC(F)(F)CN2)ccc1F.Cl. The first-order chi connectivity index (χ1) is 9.91. The van der Waals surface area contributed by atoms with Crippen molar-refractivity contribution >= 4 is 18.3 Å². The van der Waals surface area contributed by atoms with E-state index in [1.54, 1.807) is 6.07 Å². The molecule has 4 nitrogen and oxygen atoms in total. The molecule has 1 aliphatic heterocycles. The maximum atomic E-state index is 13.4. The Labute approximate surface area is 132 Å². The predicted molar refractivity (Wildman–Crippen MR) is 77.6 cm³/mol. The van der Waals surface area contributed by atoms with E-state index >= 15 is 0 Å². The van der Waals surface area contributed by atoms with Crippen LogP contribution in [0.25, 0.3) is 0 Å². The maximum absolute atomic E-state index is 13.4. The van der Waals surface area contributed by atoms with Crippen LogP contribution in [0.2, 0.25) is 0 Å². The standard InChI is InChI=1S/C14H17F3N2O2.ClH/c1-21-7-10-4-9(2-3-11(10)15)6-18-13(20)12-5-14(16,17)8-19-12;/h2-4,12,19H,5-8H2,1H3,(H,18,20);1H. The summed E-state index contributed by atoms with van der Waals surface area (Å²) in [6.45, 7) is -0.205. The molecule has 2 N–H and O–H groups in total. The number of ether oxygens (including phenoxy) is 1. The van der Waals surface area contributed by atoms with Gasteiger partial charge >= 0.3 is 0 Å². The number of nitrogens with one attached hydrogen (secondary N) is 2. The fourth-order valence-electron chi connectivity index (χ4n) is 2.22. The quantitative estimate of drug-likeness (QED) is 0.863. The summed E-state index contributed by atoms with van der Waals surface area (Å²) in [5.41, 5.74) is 1.07. The van der Waals surface area contributed by atoms with Gasteiger partial charge in [-0.1, -0.05) is 6.07 Å². The summed E-state index contributed by atoms with van der Waals surface area (Å²) >= 11 is 0. The van der Waals surface area contributed by atoms with E-state index in [4.69, 9.17) is 4.74 Å². The third-order valence-electron chi connectivity index (χ3n) is 3.30. The molecule has 1 heterocycles. The molecule has 22 heavy (non-hydrogen) atoms. The van der Waals surface area contributed by atoms with Crippen LogP contribution in [0.4, 0.5) is 13.2 Å². The smallest absolute Gasteiger partial charge is 0.262 e. The van der Waals surface area contributed by atoms with Gasteiger partial charge in [0.1, 0.15) is 5.82 Å². The van der Waals surface area contributed by atoms with Crippen molar-refractivity contribution in [2.24, 2.45) is 0 Å². The molecule has 1 atom stereocenters. The molecule has 1 fully saturated rings. The summed E-state index contributed by atoms with van der Waals surface area (Å²) in [7, 11) is 1.46. The largest absolute Gasteiger partial charge is 0.380 e. The second kappa shape index (κ2) is 7.80. The Hall–Kier alpha value is -1.31. The molecule has 1 amide bonds. The Kier molecular flexibility index (Phi) is 6.65. The van der Waals surface area contributed by atoms with Crippen LogP contribution in [0.15, 0.2) is 18.2 Å². The predicted octanol–water partition coefficient (Wildman–Crippen LogP) is 2.01. The summed E-state index contributed by atoms with van der Waals surface area (Å²) in [6, 6.07) is 3.51. The average molecular weight is 339 g/mol. The lowest BCUT2D eigenvalue weighted by molar-refractivity contribution is -0.123. The van der Waals surface area contributed by atoms with E-state index < -0.39 is 30.8 Å². The Bertz CT molecular complexity index is 529. The van der Waals surface area contributed by atoms with Crippen LogP contribution in [0.3, 0.4) is 0 Å². The molecule has 8 heteroatoms. The van der Waals surface area contributed by atoms with Gasteiger partial charge in [-0.2, -0.15) is 0 Å². The van der Waals surface area contributed by atoms with Gasteiger partial charge in [-0.05, 0) is 17.7 Å². The second-order valence-corrected chi connectivity index (χ2v) is 5.07. The molecule has 1 aromatic carbocycles. The van der Waals surface area contributed by atoms with E-state index in [1.165, 1.54) is 19.2 Å². The molecule has 2 rings (SSSR count). The van der Waals surface area contributed by atoms with Crippen molar-refractivity contribution in [3.05, 3.63) is 35.1 Å². The molecule has 1 unspecified atom stereocenters. The van der Waals surface area contributed by atoms with E-state index in [1.807, 2.05) is 0 Å². The number of carbonyl (C=O) groups excluding carboxylic acids is 1. The maximum Gasteiger partial charge on any atom is 0.262 e. The van der Waals surface area contributed by atoms with Crippen LogP contribution in [0, 0.1) is 5.82 Å². The molecular weight excluding hydrogens is 321 g/mol. The average Bonchev–Trinajstić information content (AvgIpc) is 2.80. The van der Waals surface area contributed by atoms with Gasteiger partial charge in [-0.15, -0.1) is 12.4 Å².